The number of nitrogens with zero attached hydrogens (tertiary/aromatic N) is 2. The number of amides is 1. The molecule has 3 rings (SSSR count). The fraction of sp³-hybridized carbons (Fsp3) is 0.0625. The number of fused-ring (bicyclic) bond motifs is 1. The standard InChI is InChI=1S/C16H13ClN4O/c1-3-16(22)19-12-5-10(4-11(17)6-12)14-7-13-9(2)20-21-15(13)8-18-14/h3-8H,1H2,2H3,(H,19,22)(H,20,21). The Morgan fingerprint density at radius 1 is 1.36 bits per heavy atom. The summed E-state index contributed by atoms with van der Waals surface area (Å²) in [7, 11) is 0. The molecule has 0 saturated carbocycles. The molecule has 0 spiro atoms. The third-order valence-corrected chi connectivity index (χ3v) is 3.50. The Labute approximate surface area is 132 Å². The summed E-state index contributed by atoms with van der Waals surface area (Å²) in [5, 5.41) is 11.3. The van der Waals surface area contributed by atoms with Gasteiger partial charge in [-0.05, 0) is 37.3 Å². The molecule has 1 aromatic carbocycles. The number of benzene rings is 1. The minimum Gasteiger partial charge on any atom is -0.322 e. The first kappa shape index (κ1) is 14.3. The van der Waals surface area contributed by atoms with Crippen LogP contribution in [-0.4, -0.2) is 21.1 Å². The Morgan fingerprint density at radius 2 is 2.18 bits per heavy atom. The van der Waals surface area contributed by atoms with E-state index in [-0.39, 0.29) is 5.91 Å². The summed E-state index contributed by atoms with van der Waals surface area (Å²) in [4.78, 5) is 15.8. The molecule has 0 unspecified atom stereocenters. The van der Waals surface area contributed by atoms with Crippen LogP contribution in [0.3, 0.4) is 0 Å². The highest BCUT2D eigenvalue weighted by molar-refractivity contribution is 6.31. The number of carbonyl (C=O) groups excluding carboxylic acids is 1. The quantitative estimate of drug-likeness (QED) is 0.724. The second-order valence-electron chi connectivity index (χ2n) is 4.86. The number of carbonyl (C=O) groups is 1. The Morgan fingerprint density at radius 3 is 2.95 bits per heavy atom. The molecule has 6 heteroatoms. The molecule has 2 heterocycles. The van der Waals surface area contributed by atoms with E-state index in [0.717, 1.165) is 27.9 Å². The number of aryl methyl sites for hydroxylation is 1. The van der Waals surface area contributed by atoms with Gasteiger partial charge in [0.2, 0.25) is 5.91 Å². The van der Waals surface area contributed by atoms with E-state index in [1.54, 1.807) is 18.3 Å². The predicted molar refractivity (Wildman–Crippen MR) is 87.9 cm³/mol. The Hall–Kier alpha value is -2.66. The number of H-pyrrole nitrogens is 1. The van der Waals surface area contributed by atoms with Crippen LogP contribution in [0.15, 0.2) is 43.1 Å². The molecule has 3 aromatic rings. The van der Waals surface area contributed by atoms with Crippen LogP contribution >= 0.6 is 11.6 Å². The van der Waals surface area contributed by atoms with Gasteiger partial charge in [-0.2, -0.15) is 5.10 Å². The fourth-order valence-corrected chi connectivity index (χ4v) is 2.44. The smallest absolute Gasteiger partial charge is 0.247 e. The van der Waals surface area contributed by atoms with Crippen molar-refractivity contribution in [2.45, 2.75) is 6.92 Å². The molecule has 0 atom stereocenters. The average Bonchev–Trinajstić information content (AvgIpc) is 2.87. The number of hydrogen-bond donors (Lipinski definition) is 2. The van der Waals surface area contributed by atoms with E-state index >= 15 is 0 Å². The number of halogens is 1. The van der Waals surface area contributed by atoms with Crippen molar-refractivity contribution in [2.75, 3.05) is 5.32 Å². The van der Waals surface area contributed by atoms with Crippen LogP contribution in [0.2, 0.25) is 5.02 Å². The van der Waals surface area contributed by atoms with Gasteiger partial charge in [-0.3, -0.25) is 14.9 Å². The highest BCUT2D eigenvalue weighted by atomic mass is 35.5. The van der Waals surface area contributed by atoms with Gasteiger partial charge < -0.3 is 5.32 Å². The summed E-state index contributed by atoms with van der Waals surface area (Å²) in [6, 6.07) is 7.23. The van der Waals surface area contributed by atoms with E-state index in [9.17, 15) is 4.79 Å². The van der Waals surface area contributed by atoms with E-state index in [1.807, 2.05) is 19.1 Å². The predicted octanol–water partition coefficient (Wildman–Crippen LogP) is 3.71. The third kappa shape index (κ3) is 2.71. The second kappa shape index (κ2) is 5.61. The van der Waals surface area contributed by atoms with Gasteiger partial charge in [0.15, 0.2) is 0 Å². The number of hydrogen-bond acceptors (Lipinski definition) is 3. The first-order chi connectivity index (χ1) is 10.6. The molecule has 0 bridgehead atoms. The number of rotatable bonds is 3. The lowest BCUT2D eigenvalue weighted by atomic mass is 10.1. The molecule has 110 valence electrons. The van der Waals surface area contributed by atoms with Crippen molar-refractivity contribution >= 4 is 34.1 Å². The molecular formula is C16H13ClN4O. The Kier molecular flexibility index (Phi) is 3.65. The highest BCUT2D eigenvalue weighted by Crippen LogP contribution is 2.28. The molecule has 0 saturated heterocycles. The van der Waals surface area contributed by atoms with Gasteiger partial charge in [0.1, 0.15) is 5.52 Å². The van der Waals surface area contributed by atoms with Crippen molar-refractivity contribution in [1.82, 2.24) is 15.2 Å². The van der Waals surface area contributed by atoms with Crippen LogP contribution in [0.5, 0.6) is 0 Å². The molecule has 2 N–H and O–H groups in total. The fourth-order valence-electron chi connectivity index (χ4n) is 2.20. The lowest BCUT2D eigenvalue weighted by molar-refractivity contribution is -0.111. The van der Waals surface area contributed by atoms with Gasteiger partial charge in [-0.25, -0.2) is 0 Å². The zero-order chi connectivity index (χ0) is 15.7. The van der Waals surface area contributed by atoms with Crippen molar-refractivity contribution in [3.63, 3.8) is 0 Å². The van der Waals surface area contributed by atoms with Crippen LogP contribution in [0.4, 0.5) is 5.69 Å². The highest BCUT2D eigenvalue weighted by Gasteiger charge is 2.08. The number of anilines is 1. The summed E-state index contributed by atoms with van der Waals surface area (Å²) < 4.78 is 0. The molecule has 1 amide bonds. The number of aromatic amines is 1. The first-order valence-electron chi connectivity index (χ1n) is 6.62. The van der Waals surface area contributed by atoms with Crippen LogP contribution in [0.25, 0.3) is 22.2 Å². The van der Waals surface area contributed by atoms with Gasteiger partial charge in [0.25, 0.3) is 0 Å². The van der Waals surface area contributed by atoms with Gasteiger partial charge >= 0.3 is 0 Å². The number of nitrogens with one attached hydrogen (secondary N) is 2. The number of pyridine rings is 1. The topological polar surface area (TPSA) is 70.7 Å². The average molecular weight is 313 g/mol. The minimum absolute atomic E-state index is 0.290. The van der Waals surface area contributed by atoms with E-state index in [4.69, 9.17) is 11.6 Å². The molecule has 0 aliphatic heterocycles. The van der Waals surface area contributed by atoms with Crippen LogP contribution in [0, 0.1) is 6.92 Å². The summed E-state index contributed by atoms with van der Waals surface area (Å²) >= 11 is 6.13. The zero-order valence-electron chi connectivity index (χ0n) is 11.9. The second-order valence-corrected chi connectivity index (χ2v) is 5.29. The molecule has 0 fully saturated rings. The van der Waals surface area contributed by atoms with Crippen LogP contribution in [0.1, 0.15) is 5.69 Å². The molecule has 5 nitrogen and oxygen atoms in total. The van der Waals surface area contributed by atoms with E-state index in [1.165, 1.54) is 6.08 Å². The van der Waals surface area contributed by atoms with Gasteiger partial charge in [-0.1, -0.05) is 18.2 Å². The minimum atomic E-state index is -0.290. The monoisotopic (exact) mass is 312 g/mol. The maximum absolute atomic E-state index is 11.4. The third-order valence-electron chi connectivity index (χ3n) is 3.28. The molecule has 0 aliphatic carbocycles. The lowest BCUT2D eigenvalue weighted by Crippen LogP contribution is -2.07. The molecular weight excluding hydrogens is 300 g/mol. The van der Waals surface area contributed by atoms with E-state index in [0.29, 0.717) is 10.7 Å². The molecule has 2 aromatic heterocycles. The SMILES string of the molecule is C=CC(=O)Nc1cc(Cl)cc(-c2cc3c(C)[nH]nc3cn2)c1. The lowest BCUT2D eigenvalue weighted by Gasteiger charge is -2.07. The summed E-state index contributed by atoms with van der Waals surface area (Å²) in [5.74, 6) is -0.290. The van der Waals surface area contributed by atoms with Crippen molar-refractivity contribution < 1.29 is 4.79 Å². The maximum Gasteiger partial charge on any atom is 0.247 e. The number of aromatic nitrogens is 3. The normalized spacial score (nSPS) is 10.6. The van der Waals surface area contributed by atoms with Gasteiger partial charge in [-0.15, -0.1) is 0 Å². The van der Waals surface area contributed by atoms with Gasteiger partial charge in [0, 0.05) is 27.4 Å². The van der Waals surface area contributed by atoms with Crippen molar-refractivity contribution in [3.05, 3.63) is 53.8 Å². The van der Waals surface area contributed by atoms with Crippen molar-refractivity contribution in [1.29, 1.82) is 0 Å². The Bertz CT molecular complexity index is 885. The maximum atomic E-state index is 11.4. The van der Waals surface area contributed by atoms with Crippen molar-refractivity contribution in [2.24, 2.45) is 0 Å². The van der Waals surface area contributed by atoms with E-state index < -0.39 is 0 Å². The summed E-state index contributed by atoms with van der Waals surface area (Å²) in [6.07, 6.45) is 2.91. The molecule has 0 aliphatic rings. The van der Waals surface area contributed by atoms with E-state index in [2.05, 4.69) is 27.1 Å². The van der Waals surface area contributed by atoms with Crippen molar-refractivity contribution in [3.8, 4) is 11.3 Å². The molecule has 0 radical (unpaired) electrons. The summed E-state index contributed by atoms with van der Waals surface area (Å²) in [6.45, 7) is 5.38. The first-order valence-corrected chi connectivity index (χ1v) is 7.00. The Balaban J connectivity index is 2.07. The zero-order valence-corrected chi connectivity index (χ0v) is 12.6. The van der Waals surface area contributed by atoms with Crippen LogP contribution in [-0.2, 0) is 4.79 Å². The largest absolute Gasteiger partial charge is 0.322 e. The van der Waals surface area contributed by atoms with Crippen LogP contribution < -0.4 is 5.32 Å². The van der Waals surface area contributed by atoms with Gasteiger partial charge in [0.05, 0.1) is 11.9 Å². The molecule has 22 heavy (non-hydrogen) atoms. The summed E-state index contributed by atoms with van der Waals surface area (Å²) in [5.41, 5.74) is 3.95.